The summed E-state index contributed by atoms with van der Waals surface area (Å²) in [7, 11) is 0. The standard InChI is InChI=1S/C16H25N/c1-3-13-5-7-14(8-6-13)11-15-9-10-16(15)12-17-4-2/h5-8,15-17H,3-4,9-12H2,1-2H3. The summed E-state index contributed by atoms with van der Waals surface area (Å²) in [6.45, 7) is 6.73. The van der Waals surface area contributed by atoms with Gasteiger partial charge in [-0.2, -0.15) is 0 Å². The molecule has 2 rings (SSSR count). The monoisotopic (exact) mass is 231 g/mol. The lowest BCUT2D eigenvalue weighted by Crippen LogP contribution is -2.36. The molecule has 0 aromatic heterocycles. The fourth-order valence-electron chi connectivity index (χ4n) is 2.72. The molecule has 1 nitrogen and oxygen atoms in total. The van der Waals surface area contributed by atoms with E-state index in [1.54, 1.807) is 0 Å². The lowest BCUT2D eigenvalue weighted by Gasteiger charge is -2.37. The van der Waals surface area contributed by atoms with Gasteiger partial charge in [0.25, 0.3) is 0 Å². The molecule has 0 radical (unpaired) electrons. The average molecular weight is 231 g/mol. The second kappa shape index (κ2) is 6.20. The minimum Gasteiger partial charge on any atom is -0.317 e. The van der Waals surface area contributed by atoms with Crippen molar-refractivity contribution in [2.75, 3.05) is 13.1 Å². The van der Waals surface area contributed by atoms with E-state index in [1.165, 1.54) is 36.9 Å². The van der Waals surface area contributed by atoms with Crippen molar-refractivity contribution in [1.82, 2.24) is 5.32 Å². The molecule has 1 aromatic carbocycles. The lowest BCUT2D eigenvalue weighted by atomic mass is 9.70. The van der Waals surface area contributed by atoms with E-state index in [1.807, 2.05) is 0 Å². The molecule has 0 aliphatic heterocycles. The molecule has 0 amide bonds. The Hall–Kier alpha value is -0.820. The third-order valence-electron chi connectivity index (χ3n) is 4.16. The summed E-state index contributed by atoms with van der Waals surface area (Å²) in [5.41, 5.74) is 2.97. The smallest absolute Gasteiger partial charge is 0.00179 e. The van der Waals surface area contributed by atoms with E-state index in [-0.39, 0.29) is 0 Å². The molecule has 1 fully saturated rings. The second-order valence-electron chi connectivity index (χ2n) is 5.28. The average Bonchev–Trinajstić information content (AvgIpc) is 2.36. The van der Waals surface area contributed by atoms with E-state index in [9.17, 15) is 0 Å². The van der Waals surface area contributed by atoms with Crippen LogP contribution in [0, 0.1) is 11.8 Å². The molecule has 1 aliphatic rings. The highest BCUT2D eigenvalue weighted by molar-refractivity contribution is 5.23. The van der Waals surface area contributed by atoms with Crippen LogP contribution in [0.15, 0.2) is 24.3 Å². The van der Waals surface area contributed by atoms with Crippen LogP contribution in [-0.4, -0.2) is 13.1 Å². The molecule has 0 heterocycles. The molecule has 1 saturated carbocycles. The van der Waals surface area contributed by atoms with Gasteiger partial charge in [0.15, 0.2) is 0 Å². The molecule has 94 valence electrons. The van der Waals surface area contributed by atoms with Crippen molar-refractivity contribution in [3.8, 4) is 0 Å². The Bertz CT molecular complexity index is 328. The number of hydrogen-bond donors (Lipinski definition) is 1. The van der Waals surface area contributed by atoms with Gasteiger partial charge in [-0.05, 0) is 61.7 Å². The number of hydrogen-bond acceptors (Lipinski definition) is 1. The van der Waals surface area contributed by atoms with Gasteiger partial charge in [-0.3, -0.25) is 0 Å². The Morgan fingerprint density at radius 1 is 1.00 bits per heavy atom. The van der Waals surface area contributed by atoms with Crippen LogP contribution in [0.1, 0.15) is 37.8 Å². The number of benzene rings is 1. The maximum atomic E-state index is 3.48. The van der Waals surface area contributed by atoms with Crippen LogP contribution in [0.3, 0.4) is 0 Å². The van der Waals surface area contributed by atoms with Gasteiger partial charge < -0.3 is 5.32 Å². The molecule has 0 spiro atoms. The zero-order valence-corrected chi connectivity index (χ0v) is 11.2. The molecule has 2 atom stereocenters. The Morgan fingerprint density at radius 2 is 1.65 bits per heavy atom. The third kappa shape index (κ3) is 3.32. The number of rotatable bonds is 6. The molecule has 1 N–H and O–H groups in total. The SMILES string of the molecule is CCNCC1CCC1Cc1ccc(CC)cc1. The van der Waals surface area contributed by atoms with E-state index in [0.717, 1.165) is 24.8 Å². The van der Waals surface area contributed by atoms with E-state index in [2.05, 4.69) is 43.4 Å². The Balaban J connectivity index is 1.83. The van der Waals surface area contributed by atoms with Gasteiger partial charge in [0.2, 0.25) is 0 Å². The first kappa shape index (κ1) is 12.6. The van der Waals surface area contributed by atoms with Gasteiger partial charge >= 0.3 is 0 Å². The Kier molecular flexibility index (Phi) is 4.61. The third-order valence-corrected chi connectivity index (χ3v) is 4.16. The van der Waals surface area contributed by atoms with Gasteiger partial charge in [-0.1, -0.05) is 38.1 Å². The van der Waals surface area contributed by atoms with Crippen molar-refractivity contribution >= 4 is 0 Å². The quantitative estimate of drug-likeness (QED) is 0.791. The van der Waals surface area contributed by atoms with Gasteiger partial charge in [-0.25, -0.2) is 0 Å². The van der Waals surface area contributed by atoms with Crippen LogP contribution >= 0.6 is 0 Å². The van der Waals surface area contributed by atoms with E-state index >= 15 is 0 Å². The van der Waals surface area contributed by atoms with Crippen LogP contribution in [0.5, 0.6) is 0 Å². The van der Waals surface area contributed by atoms with Crippen LogP contribution in [0.25, 0.3) is 0 Å². The van der Waals surface area contributed by atoms with Crippen molar-refractivity contribution in [3.63, 3.8) is 0 Å². The Labute approximate surface area is 106 Å². The molecule has 1 aromatic rings. The van der Waals surface area contributed by atoms with Gasteiger partial charge in [0.05, 0.1) is 0 Å². The van der Waals surface area contributed by atoms with Crippen molar-refractivity contribution in [2.45, 2.75) is 39.5 Å². The molecule has 0 bridgehead atoms. The molecule has 17 heavy (non-hydrogen) atoms. The van der Waals surface area contributed by atoms with Crippen molar-refractivity contribution in [2.24, 2.45) is 11.8 Å². The van der Waals surface area contributed by atoms with E-state index in [4.69, 9.17) is 0 Å². The summed E-state index contributed by atoms with van der Waals surface area (Å²) in [5.74, 6) is 1.84. The summed E-state index contributed by atoms with van der Waals surface area (Å²) in [5, 5.41) is 3.48. The van der Waals surface area contributed by atoms with Crippen LogP contribution in [-0.2, 0) is 12.8 Å². The lowest BCUT2D eigenvalue weighted by molar-refractivity contribution is 0.172. The molecular weight excluding hydrogens is 206 g/mol. The van der Waals surface area contributed by atoms with E-state index in [0.29, 0.717) is 0 Å². The highest BCUT2D eigenvalue weighted by Crippen LogP contribution is 2.36. The fraction of sp³-hybridized carbons (Fsp3) is 0.625. The first-order valence-corrected chi connectivity index (χ1v) is 7.12. The summed E-state index contributed by atoms with van der Waals surface area (Å²) in [6, 6.07) is 9.21. The summed E-state index contributed by atoms with van der Waals surface area (Å²) < 4.78 is 0. The highest BCUT2D eigenvalue weighted by atomic mass is 14.9. The highest BCUT2D eigenvalue weighted by Gasteiger charge is 2.29. The minimum atomic E-state index is 0.917. The first-order chi connectivity index (χ1) is 8.33. The first-order valence-electron chi connectivity index (χ1n) is 7.12. The number of aryl methyl sites for hydroxylation is 1. The second-order valence-corrected chi connectivity index (χ2v) is 5.28. The predicted molar refractivity (Wildman–Crippen MR) is 74.3 cm³/mol. The van der Waals surface area contributed by atoms with Crippen molar-refractivity contribution in [3.05, 3.63) is 35.4 Å². The van der Waals surface area contributed by atoms with E-state index < -0.39 is 0 Å². The molecule has 1 heteroatoms. The summed E-state index contributed by atoms with van der Waals surface area (Å²) in [4.78, 5) is 0. The molecule has 2 unspecified atom stereocenters. The van der Waals surface area contributed by atoms with Crippen LogP contribution < -0.4 is 5.32 Å². The van der Waals surface area contributed by atoms with Gasteiger partial charge in [0.1, 0.15) is 0 Å². The minimum absolute atomic E-state index is 0.917. The zero-order valence-electron chi connectivity index (χ0n) is 11.2. The van der Waals surface area contributed by atoms with Gasteiger partial charge in [0, 0.05) is 0 Å². The molecular formula is C16H25N. The maximum absolute atomic E-state index is 3.48. The van der Waals surface area contributed by atoms with Crippen molar-refractivity contribution in [1.29, 1.82) is 0 Å². The summed E-state index contributed by atoms with van der Waals surface area (Å²) in [6.07, 6.45) is 5.27. The fourth-order valence-corrected chi connectivity index (χ4v) is 2.72. The number of nitrogens with one attached hydrogen (secondary N) is 1. The molecule has 0 saturated heterocycles. The largest absolute Gasteiger partial charge is 0.317 e. The Morgan fingerprint density at radius 3 is 2.18 bits per heavy atom. The maximum Gasteiger partial charge on any atom is -0.00179 e. The zero-order chi connectivity index (χ0) is 12.1. The van der Waals surface area contributed by atoms with Crippen molar-refractivity contribution < 1.29 is 0 Å². The summed E-state index contributed by atoms with van der Waals surface area (Å²) >= 11 is 0. The predicted octanol–water partition coefficient (Wildman–Crippen LogP) is 3.43. The normalized spacial score (nSPS) is 23.4. The van der Waals surface area contributed by atoms with Crippen LogP contribution in [0.2, 0.25) is 0 Å². The van der Waals surface area contributed by atoms with Gasteiger partial charge in [-0.15, -0.1) is 0 Å². The molecule has 1 aliphatic carbocycles. The topological polar surface area (TPSA) is 12.0 Å². The van der Waals surface area contributed by atoms with Crippen LogP contribution in [0.4, 0.5) is 0 Å².